The lowest BCUT2D eigenvalue weighted by Gasteiger charge is -2.04. The summed E-state index contributed by atoms with van der Waals surface area (Å²) in [6, 6.07) is 13.5. The molecule has 8 nitrogen and oxygen atoms in total. The van der Waals surface area contributed by atoms with Crippen molar-refractivity contribution in [1.82, 2.24) is 15.2 Å². The van der Waals surface area contributed by atoms with E-state index < -0.39 is 10.8 Å². The van der Waals surface area contributed by atoms with Crippen molar-refractivity contribution >= 4 is 29.4 Å². The highest BCUT2D eigenvalue weighted by atomic mass is 35.5. The number of rotatable bonds is 6. The summed E-state index contributed by atoms with van der Waals surface area (Å²) >= 11 is 6.42. The van der Waals surface area contributed by atoms with Gasteiger partial charge in [-0.25, -0.2) is 10.1 Å². The molecule has 0 radical (unpaired) electrons. The molecule has 0 bridgehead atoms. The Labute approximate surface area is 172 Å². The molecule has 0 atom stereocenters. The highest BCUT2D eigenvalue weighted by Gasteiger charge is 2.13. The Morgan fingerprint density at radius 1 is 1.28 bits per heavy atom. The second-order valence-electron chi connectivity index (χ2n) is 6.44. The highest BCUT2D eigenvalue weighted by Crippen LogP contribution is 2.19. The number of carbonyl (C=O) groups excluding carboxylic acids is 1. The van der Waals surface area contributed by atoms with Gasteiger partial charge in [-0.05, 0) is 25.5 Å². The maximum Gasteiger partial charge on any atom is 0.271 e. The maximum atomic E-state index is 12.2. The quantitative estimate of drug-likeness (QED) is 0.377. The third-order valence-electron chi connectivity index (χ3n) is 4.24. The first-order valence-corrected chi connectivity index (χ1v) is 9.09. The lowest BCUT2D eigenvalue weighted by Crippen LogP contribution is -2.17. The van der Waals surface area contributed by atoms with E-state index in [1.807, 2.05) is 31.2 Å². The Kier molecular flexibility index (Phi) is 6.04. The van der Waals surface area contributed by atoms with Crippen LogP contribution in [-0.4, -0.2) is 26.8 Å². The first-order valence-electron chi connectivity index (χ1n) is 8.71. The van der Waals surface area contributed by atoms with Crippen molar-refractivity contribution in [2.45, 2.75) is 20.4 Å². The van der Waals surface area contributed by atoms with Crippen LogP contribution >= 0.6 is 11.6 Å². The highest BCUT2D eigenvalue weighted by molar-refractivity contribution is 6.32. The van der Waals surface area contributed by atoms with Gasteiger partial charge in [0.05, 0.1) is 28.9 Å². The van der Waals surface area contributed by atoms with Crippen molar-refractivity contribution in [1.29, 1.82) is 0 Å². The van der Waals surface area contributed by atoms with E-state index in [1.54, 1.807) is 11.6 Å². The Hall–Kier alpha value is -3.52. The summed E-state index contributed by atoms with van der Waals surface area (Å²) in [7, 11) is 0. The fraction of sp³-hybridized carbons (Fsp3) is 0.150. The summed E-state index contributed by atoms with van der Waals surface area (Å²) in [5, 5.41) is 19.6. The van der Waals surface area contributed by atoms with Gasteiger partial charge in [0.15, 0.2) is 0 Å². The number of non-ortho nitro benzene ring substituents is 1. The van der Waals surface area contributed by atoms with Gasteiger partial charge in [-0.15, -0.1) is 0 Å². The van der Waals surface area contributed by atoms with Crippen LogP contribution in [0.25, 0.3) is 0 Å². The van der Waals surface area contributed by atoms with E-state index in [-0.39, 0.29) is 11.3 Å². The zero-order valence-corrected chi connectivity index (χ0v) is 16.6. The van der Waals surface area contributed by atoms with Crippen LogP contribution in [0.5, 0.6) is 0 Å². The first kappa shape index (κ1) is 20.2. The van der Waals surface area contributed by atoms with Crippen molar-refractivity contribution < 1.29 is 9.72 Å². The van der Waals surface area contributed by atoms with Crippen LogP contribution in [0.2, 0.25) is 5.15 Å². The van der Waals surface area contributed by atoms with E-state index in [2.05, 4.69) is 15.6 Å². The fourth-order valence-corrected chi connectivity index (χ4v) is 2.95. The Morgan fingerprint density at radius 3 is 2.69 bits per heavy atom. The molecule has 3 rings (SSSR count). The normalized spacial score (nSPS) is 11.0. The number of carbonyl (C=O) groups is 1. The number of hydrogen-bond acceptors (Lipinski definition) is 5. The van der Waals surface area contributed by atoms with Crippen molar-refractivity contribution in [2.24, 2.45) is 5.10 Å². The monoisotopic (exact) mass is 411 g/mol. The minimum absolute atomic E-state index is 0.134. The molecular formula is C20H18ClN5O3. The van der Waals surface area contributed by atoms with Crippen molar-refractivity contribution in [3.63, 3.8) is 0 Å². The molecule has 0 unspecified atom stereocenters. The van der Waals surface area contributed by atoms with Gasteiger partial charge < -0.3 is 0 Å². The van der Waals surface area contributed by atoms with E-state index in [4.69, 9.17) is 11.6 Å². The smallest absolute Gasteiger partial charge is 0.267 e. The molecule has 0 fully saturated rings. The molecule has 0 saturated carbocycles. The van der Waals surface area contributed by atoms with Gasteiger partial charge in [0.1, 0.15) is 5.15 Å². The van der Waals surface area contributed by atoms with Crippen molar-refractivity contribution in [2.75, 3.05) is 0 Å². The lowest BCUT2D eigenvalue weighted by molar-refractivity contribution is -0.384. The predicted molar refractivity (Wildman–Crippen MR) is 110 cm³/mol. The van der Waals surface area contributed by atoms with Gasteiger partial charge in [0.2, 0.25) is 0 Å². The van der Waals surface area contributed by atoms with Gasteiger partial charge in [-0.1, -0.05) is 47.5 Å². The summed E-state index contributed by atoms with van der Waals surface area (Å²) in [5.41, 5.74) is 5.78. The van der Waals surface area contributed by atoms with Crippen LogP contribution in [0, 0.1) is 24.0 Å². The summed E-state index contributed by atoms with van der Waals surface area (Å²) in [5.74, 6) is -0.564. The second kappa shape index (κ2) is 8.66. The number of halogens is 1. The third-order valence-corrected chi connectivity index (χ3v) is 4.64. The van der Waals surface area contributed by atoms with E-state index >= 15 is 0 Å². The molecule has 29 heavy (non-hydrogen) atoms. The molecular weight excluding hydrogens is 394 g/mol. The van der Waals surface area contributed by atoms with E-state index in [9.17, 15) is 14.9 Å². The Bertz CT molecular complexity index is 1090. The second-order valence-corrected chi connectivity index (χ2v) is 6.80. The van der Waals surface area contributed by atoms with Gasteiger partial charge in [-0.2, -0.15) is 10.2 Å². The van der Waals surface area contributed by atoms with E-state index in [0.717, 1.165) is 5.56 Å². The number of nitrogens with zero attached hydrogens (tertiary/aromatic N) is 4. The number of hydrogen-bond donors (Lipinski definition) is 1. The minimum atomic E-state index is -0.564. The van der Waals surface area contributed by atoms with Crippen LogP contribution in [0.1, 0.15) is 32.7 Å². The first-order chi connectivity index (χ1) is 13.8. The van der Waals surface area contributed by atoms with E-state index in [1.165, 1.54) is 36.0 Å². The average molecular weight is 412 g/mol. The van der Waals surface area contributed by atoms with Gasteiger partial charge >= 0.3 is 0 Å². The van der Waals surface area contributed by atoms with Crippen LogP contribution in [0.3, 0.4) is 0 Å². The minimum Gasteiger partial charge on any atom is -0.267 e. The molecule has 0 saturated heterocycles. The molecule has 2 aromatic carbocycles. The summed E-state index contributed by atoms with van der Waals surface area (Å²) in [4.78, 5) is 22.4. The van der Waals surface area contributed by atoms with Crippen molar-refractivity contribution in [3.05, 3.63) is 91.7 Å². The third kappa shape index (κ3) is 4.85. The van der Waals surface area contributed by atoms with Crippen LogP contribution in [0.15, 0.2) is 53.6 Å². The fourth-order valence-electron chi connectivity index (χ4n) is 2.67. The molecule has 1 N–H and O–H groups in total. The molecule has 1 aromatic heterocycles. The SMILES string of the molecule is Cc1ccc(Cn2nc(C)c(/C=N\NC(=O)c3cccc([N+](=O)[O-])c3)c2Cl)cc1. The molecule has 0 aliphatic carbocycles. The van der Waals surface area contributed by atoms with Crippen LogP contribution in [-0.2, 0) is 6.54 Å². The van der Waals surface area contributed by atoms with Gasteiger partial charge in [-0.3, -0.25) is 14.9 Å². The number of nitro benzene ring substituents is 1. The van der Waals surface area contributed by atoms with Crippen LogP contribution in [0.4, 0.5) is 5.69 Å². The molecule has 148 valence electrons. The lowest BCUT2D eigenvalue weighted by atomic mass is 10.1. The molecule has 0 spiro atoms. The van der Waals surface area contributed by atoms with Gasteiger partial charge in [0, 0.05) is 17.7 Å². The standard InChI is InChI=1S/C20H18ClN5O3/c1-13-6-8-15(9-7-13)12-25-19(21)18(14(2)24-25)11-22-23-20(27)16-4-3-5-17(10-16)26(28)29/h3-11H,12H2,1-2H3,(H,23,27)/b22-11-. The average Bonchev–Trinajstić information content (AvgIpc) is 2.97. The number of aryl methyl sites for hydroxylation is 2. The number of aromatic nitrogens is 2. The van der Waals surface area contributed by atoms with Crippen LogP contribution < -0.4 is 5.43 Å². The zero-order chi connectivity index (χ0) is 21.0. The topological polar surface area (TPSA) is 102 Å². The Balaban J connectivity index is 1.71. The number of nitrogens with one attached hydrogen (secondary N) is 1. The maximum absolute atomic E-state index is 12.2. The molecule has 1 amide bonds. The number of benzene rings is 2. The van der Waals surface area contributed by atoms with E-state index in [0.29, 0.717) is 23.0 Å². The molecule has 9 heteroatoms. The summed E-state index contributed by atoms with van der Waals surface area (Å²) in [6.45, 7) is 4.32. The molecule has 0 aliphatic heterocycles. The number of amides is 1. The molecule has 1 heterocycles. The number of hydrazone groups is 1. The number of nitro groups is 1. The zero-order valence-electron chi connectivity index (χ0n) is 15.8. The summed E-state index contributed by atoms with van der Waals surface area (Å²) < 4.78 is 1.66. The van der Waals surface area contributed by atoms with Gasteiger partial charge in [0.25, 0.3) is 11.6 Å². The predicted octanol–water partition coefficient (Wildman–Crippen LogP) is 3.87. The summed E-state index contributed by atoms with van der Waals surface area (Å²) in [6.07, 6.45) is 1.41. The molecule has 0 aliphatic rings. The largest absolute Gasteiger partial charge is 0.271 e. The Morgan fingerprint density at radius 2 is 2.00 bits per heavy atom. The molecule has 3 aromatic rings. The van der Waals surface area contributed by atoms with Crippen molar-refractivity contribution in [3.8, 4) is 0 Å².